The van der Waals surface area contributed by atoms with Crippen LogP contribution < -0.4 is 15.8 Å². The first-order valence-corrected chi connectivity index (χ1v) is 7.66. The second-order valence-electron chi connectivity index (χ2n) is 4.72. The molecule has 0 aliphatic heterocycles. The lowest BCUT2D eigenvalue weighted by molar-refractivity contribution is 0.195. The molecule has 116 valence electrons. The van der Waals surface area contributed by atoms with Crippen LogP contribution in [0.3, 0.4) is 0 Å². The number of hydrogen-bond acceptors (Lipinski definition) is 3. The largest absolute Gasteiger partial charge is 0.385 e. The van der Waals surface area contributed by atoms with Gasteiger partial charge in [0.05, 0.1) is 11.4 Å². The predicted octanol–water partition coefficient (Wildman–Crippen LogP) is 3.24. The van der Waals surface area contributed by atoms with Gasteiger partial charge in [0.2, 0.25) is 0 Å². The number of methoxy groups -OCH3 is 1. The number of rotatable bonds is 7. The second-order valence-corrected chi connectivity index (χ2v) is 5.13. The number of benzene rings is 2. The van der Waals surface area contributed by atoms with Crippen molar-refractivity contribution in [1.82, 2.24) is 10.7 Å². The molecule has 2 aromatic carbocycles. The van der Waals surface area contributed by atoms with Crippen molar-refractivity contribution in [3.63, 3.8) is 0 Å². The Morgan fingerprint density at radius 2 is 1.55 bits per heavy atom. The smallest absolute Gasteiger partial charge is 0.185 e. The summed E-state index contributed by atoms with van der Waals surface area (Å²) < 4.78 is 5.03. The Labute approximate surface area is 137 Å². The van der Waals surface area contributed by atoms with E-state index in [1.165, 1.54) is 0 Å². The lowest BCUT2D eigenvalue weighted by Gasteiger charge is -2.27. The van der Waals surface area contributed by atoms with Gasteiger partial charge in [0.15, 0.2) is 5.11 Å². The third kappa shape index (κ3) is 5.02. The minimum absolute atomic E-state index is 0.587. The molecule has 0 unspecified atom stereocenters. The average Bonchev–Trinajstić information content (AvgIpc) is 2.58. The molecule has 0 saturated carbocycles. The molecule has 0 radical (unpaired) electrons. The van der Waals surface area contributed by atoms with E-state index in [9.17, 15) is 0 Å². The van der Waals surface area contributed by atoms with E-state index in [1.807, 2.05) is 65.7 Å². The van der Waals surface area contributed by atoms with Gasteiger partial charge in [-0.05, 0) is 42.9 Å². The molecule has 2 N–H and O–H groups in total. The van der Waals surface area contributed by atoms with Gasteiger partial charge in [0.1, 0.15) is 0 Å². The highest BCUT2D eigenvalue weighted by Crippen LogP contribution is 2.22. The van der Waals surface area contributed by atoms with Crippen LogP contribution in [-0.4, -0.2) is 25.4 Å². The molecular formula is C17H21N3OS. The molecule has 0 bridgehead atoms. The molecule has 5 heteroatoms. The molecule has 0 aliphatic rings. The summed E-state index contributed by atoms with van der Waals surface area (Å²) in [6.07, 6.45) is 0.912. The summed E-state index contributed by atoms with van der Waals surface area (Å²) in [7, 11) is 1.70. The van der Waals surface area contributed by atoms with E-state index >= 15 is 0 Å². The van der Waals surface area contributed by atoms with Crippen molar-refractivity contribution in [3.05, 3.63) is 60.7 Å². The molecular weight excluding hydrogens is 294 g/mol. The summed E-state index contributed by atoms with van der Waals surface area (Å²) in [4.78, 5) is 0. The Morgan fingerprint density at radius 3 is 2.05 bits per heavy atom. The summed E-state index contributed by atoms with van der Waals surface area (Å²) in [5, 5.41) is 5.74. The van der Waals surface area contributed by atoms with Crippen LogP contribution >= 0.6 is 12.2 Å². The van der Waals surface area contributed by atoms with Crippen molar-refractivity contribution in [3.8, 4) is 0 Å². The molecule has 4 nitrogen and oxygen atoms in total. The second kappa shape index (κ2) is 9.02. The maximum atomic E-state index is 5.38. The minimum atomic E-state index is 0.587. The molecule has 0 spiro atoms. The standard InChI is InChI=1S/C17H21N3OS/c1-21-14-8-13-18-17(22)19-20(15-9-4-2-5-10-15)16-11-6-3-7-12-16/h2-7,9-12H,8,13-14H2,1H3,(H2,18,19,22). The van der Waals surface area contributed by atoms with Gasteiger partial charge in [-0.1, -0.05) is 36.4 Å². The van der Waals surface area contributed by atoms with Crippen molar-refractivity contribution >= 4 is 28.7 Å². The van der Waals surface area contributed by atoms with Crippen molar-refractivity contribution in [1.29, 1.82) is 0 Å². The summed E-state index contributed by atoms with van der Waals surface area (Å²) in [5.41, 5.74) is 5.29. The molecule has 0 saturated heterocycles. The van der Waals surface area contributed by atoms with Gasteiger partial charge < -0.3 is 10.1 Å². The van der Waals surface area contributed by atoms with Crippen molar-refractivity contribution in [2.45, 2.75) is 6.42 Å². The summed E-state index contributed by atoms with van der Waals surface area (Å²) >= 11 is 5.38. The Balaban J connectivity index is 2.04. The molecule has 0 heterocycles. The van der Waals surface area contributed by atoms with Crippen LogP contribution in [0.25, 0.3) is 0 Å². The first-order chi connectivity index (χ1) is 10.8. The van der Waals surface area contributed by atoms with Gasteiger partial charge in [0.25, 0.3) is 0 Å². The molecule has 0 aliphatic carbocycles. The van der Waals surface area contributed by atoms with Crippen LogP contribution in [0.1, 0.15) is 6.42 Å². The highest BCUT2D eigenvalue weighted by atomic mass is 32.1. The number of nitrogens with one attached hydrogen (secondary N) is 2. The zero-order valence-corrected chi connectivity index (χ0v) is 13.5. The quantitative estimate of drug-likeness (QED) is 0.466. The maximum Gasteiger partial charge on any atom is 0.185 e. The van der Waals surface area contributed by atoms with Crippen LogP contribution in [0.15, 0.2) is 60.7 Å². The number of hydrazine groups is 1. The van der Waals surface area contributed by atoms with E-state index in [-0.39, 0.29) is 0 Å². The van der Waals surface area contributed by atoms with Gasteiger partial charge in [-0.2, -0.15) is 0 Å². The van der Waals surface area contributed by atoms with Crippen molar-refractivity contribution < 1.29 is 4.74 Å². The monoisotopic (exact) mass is 315 g/mol. The van der Waals surface area contributed by atoms with Gasteiger partial charge in [-0.25, -0.2) is 0 Å². The van der Waals surface area contributed by atoms with E-state index in [2.05, 4.69) is 10.7 Å². The average molecular weight is 315 g/mol. The van der Waals surface area contributed by atoms with E-state index in [1.54, 1.807) is 7.11 Å². The fourth-order valence-corrected chi connectivity index (χ4v) is 2.19. The summed E-state index contributed by atoms with van der Waals surface area (Å²) in [5.74, 6) is 0. The van der Waals surface area contributed by atoms with E-state index in [0.717, 1.165) is 30.9 Å². The zero-order valence-electron chi connectivity index (χ0n) is 12.7. The number of ether oxygens (including phenoxy) is 1. The molecule has 0 amide bonds. The normalized spacial score (nSPS) is 10.0. The number of nitrogens with zero attached hydrogens (tertiary/aromatic N) is 1. The van der Waals surface area contributed by atoms with Gasteiger partial charge in [-0.15, -0.1) is 0 Å². The Kier molecular flexibility index (Phi) is 6.67. The molecule has 0 aromatic heterocycles. The van der Waals surface area contributed by atoms with Crippen LogP contribution in [0.2, 0.25) is 0 Å². The lowest BCUT2D eigenvalue weighted by atomic mass is 10.2. The fraction of sp³-hybridized carbons (Fsp3) is 0.235. The molecule has 22 heavy (non-hydrogen) atoms. The van der Waals surface area contributed by atoms with Gasteiger partial charge in [0, 0.05) is 20.3 Å². The summed E-state index contributed by atoms with van der Waals surface area (Å²) in [6, 6.07) is 20.1. The number of para-hydroxylation sites is 2. The van der Waals surface area contributed by atoms with Gasteiger partial charge >= 0.3 is 0 Å². The molecule has 0 fully saturated rings. The van der Waals surface area contributed by atoms with Crippen LogP contribution in [0.4, 0.5) is 11.4 Å². The Bertz CT molecular complexity index is 523. The SMILES string of the molecule is COCCCNC(=S)NN(c1ccccc1)c1ccccc1. The van der Waals surface area contributed by atoms with Crippen LogP contribution in [0, 0.1) is 0 Å². The van der Waals surface area contributed by atoms with Gasteiger partial charge in [-0.3, -0.25) is 10.4 Å². The third-order valence-electron chi connectivity index (χ3n) is 3.05. The fourth-order valence-electron chi connectivity index (χ4n) is 1.99. The number of hydrogen-bond donors (Lipinski definition) is 2. The lowest BCUT2D eigenvalue weighted by Crippen LogP contribution is -2.45. The predicted molar refractivity (Wildman–Crippen MR) is 95.3 cm³/mol. The van der Waals surface area contributed by atoms with Crippen molar-refractivity contribution in [2.75, 3.05) is 25.3 Å². The first-order valence-electron chi connectivity index (χ1n) is 7.25. The van der Waals surface area contributed by atoms with E-state index < -0.39 is 0 Å². The van der Waals surface area contributed by atoms with Crippen molar-refractivity contribution in [2.24, 2.45) is 0 Å². The topological polar surface area (TPSA) is 36.5 Å². The van der Waals surface area contributed by atoms with E-state index in [0.29, 0.717) is 5.11 Å². The molecule has 2 aromatic rings. The van der Waals surface area contributed by atoms with Crippen LogP contribution in [-0.2, 0) is 4.74 Å². The first kappa shape index (κ1) is 16.3. The van der Waals surface area contributed by atoms with Crippen LogP contribution in [0.5, 0.6) is 0 Å². The summed E-state index contributed by atoms with van der Waals surface area (Å²) in [6.45, 7) is 1.49. The number of thiocarbonyl (C=S) groups is 1. The number of anilines is 2. The third-order valence-corrected chi connectivity index (χ3v) is 3.29. The Morgan fingerprint density at radius 1 is 1.00 bits per heavy atom. The van der Waals surface area contributed by atoms with E-state index in [4.69, 9.17) is 17.0 Å². The zero-order chi connectivity index (χ0) is 15.6. The maximum absolute atomic E-state index is 5.38. The molecule has 0 atom stereocenters. The Hall–Kier alpha value is -2.11. The molecule has 2 rings (SSSR count). The minimum Gasteiger partial charge on any atom is -0.385 e. The highest BCUT2D eigenvalue weighted by Gasteiger charge is 2.09. The highest BCUT2D eigenvalue weighted by molar-refractivity contribution is 7.80.